The number of nitrogens with zero attached hydrogens (tertiary/aromatic N) is 1. The molecule has 1 rings (SSSR count). The van der Waals surface area contributed by atoms with Crippen LogP contribution in [-0.2, 0) is 0 Å². The van der Waals surface area contributed by atoms with E-state index in [1.165, 1.54) is 13.2 Å². The fourth-order valence-electron chi connectivity index (χ4n) is 0.781. The number of nitro groups is 1. The summed E-state index contributed by atoms with van der Waals surface area (Å²) in [5.41, 5.74) is -0.00463. The fraction of sp³-hybridized carbons (Fsp3) is 0.143. The summed E-state index contributed by atoms with van der Waals surface area (Å²) in [6, 6.07) is 6.24. The average Bonchev–Trinajstić information content (AvgIpc) is 2.04. The van der Waals surface area contributed by atoms with Crippen LogP contribution < -0.4 is 4.74 Å². The molecule has 0 radical (unpaired) electrons. The van der Waals surface area contributed by atoms with E-state index in [-0.39, 0.29) is 41.0 Å². The molecule has 0 atom stereocenters. The first-order valence-electron chi connectivity index (χ1n) is 3.03. The van der Waals surface area contributed by atoms with Gasteiger partial charge in [0.2, 0.25) is 0 Å². The van der Waals surface area contributed by atoms with Crippen LogP contribution in [0.25, 0.3) is 0 Å². The van der Waals surface area contributed by atoms with Gasteiger partial charge >= 0.3 is 35.2 Å². The second-order valence-electron chi connectivity index (χ2n) is 1.93. The molecule has 0 aliphatic heterocycles. The third kappa shape index (κ3) is 2.48. The SMILES string of the molecule is COc1ccccc1[N+](=O)[O-].[NaH]. The van der Waals surface area contributed by atoms with Gasteiger partial charge in [-0.15, -0.1) is 0 Å². The van der Waals surface area contributed by atoms with Crippen molar-refractivity contribution < 1.29 is 9.66 Å². The molecule has 0 heterocycles. The molecule has 0 saturated carbocycles. The Labute approximate surface area is 92.0 Å². The van der Waals surface area contributed by atoms with E-state index in [2.05, 4.69) is 0 Å². The number of nitro benzene ring substituents is 1. The minimum absolute atomic E-state index is 0. The van der Waals surface area contributed by atoms with Crippen LogP contribution in [0.15, 0.2) is 24.3 Å². The molecule has 0 amide bonds. The van der Waals surface area contributed by atoms with E-state index in [9.17, 15) is 10.1 Å². The van der Waals surface area contributed by atoms with Crippen molar-refractivity contribution in [3.05, 3.63) is 34.4 Å². The molecule has 0 unspecified atom stereocenters. The van der Waals surface area contributed by atoms with Crippen LogP contribution in [0.3, 0.4) is 0 Å². The molecule has 0 spiro atoms. The van der Waals surface area contributed by atoms with Gasteiger partial charge in [0.15, 0.2) is 5.75 Å². The zero-order valence-electron chi connectivity index (χ0n) is 5.98. The summed E-state index contributed by atoms with van der Waals surface area (Å²) < 4.78 is 4.76. The van der Waals surface area contributed by atoms with Crippen LogP contribution >= 0.6 is 0 Å². The molecular formula is C7H8NNaO3. The molecule has 0 aliphatic rings. The van der Waals surface area contributed by atoms with Gasteiger partial charge in [0, 0.05) is 6.07 Å². The number of hydrogen-bond acceptors (Lipinski definition) is 3. The maximum absolute atomic E-state index is 10.3. The third-order valence-corrected chi connectivity index (χ3v) is 1.28. The molecule has 12 heavy (non-hydrogen) atoms. The summed E-state index contributed by atoms with van der Waals surface area (Å²) >= 11 is 0. The van der Waals surface area contributed by atoms with Crippen molar-refractivity contribution in [1.82, 2.24) is 0 Å². The van der Waals surface area contributed by atoms with E-state index in [4.69, 9.17) is 4.74 Å². The standard InChI is InChI=1S/C7H7NO3.Na.H/c1-11-7-5-3-2-4-6(7)8(9)10;;/h2-5H,1H3;;. The summed E-state index contributed by atoms with van der Waals surface area (Å²) in [5.74, 6) is 0.289. The van der Waals surface area contributed by atoms with Gasteiger partial charge in [-0.3, -0.25) is 10.1 Å². The van der Waals surface area contributed by atoms with Gasteiger partial charge in [-0.2, -0.15) is 0 Å². The van der Waals surface area contributed by atoms with Crippen LogP contribution in [0.2, 0.25) is 0 Å². The third-order valence-electron chi connectivity index (χ3n) is 1.28. The predicted molar refractivity (Wildman–Crippen MR) is 46.8 cm³/mol. The molecule has 1 aromatic rings. The quantitative estimate of drug-likeness (QED) is 0.384. The first kappa shape index (κ1) is 11.4. The van der Waals surface area contributed by atoms with Gasteiger partial charge in [-0.1, -0.05) is 12.1 Å². The van der Waals surface area contributed by atoms with E-state index in [0.717, 1.165) is 0 Å². The monoisotopic (exact) mass is 177 g/mol. The van der Waals surface area contributed by atoms with Gasteiger partial charge in [-0.05, 0) is 6.07 Å². The summed E-state index contributed by atoms with van der Waals surface area (Å²) in [6.07, 6.45) is 0. The summed E-state index contributed by atoms with van der Waals surface area (Å²) in [6.45, 7) is 0. The number of hydrogen-bond donors (Lipinski definition) is 0. The Kier molecular flexibility index (Phi) is 4.89. The van der Waals surface area contributed by atoms with Gasteiger partial charge in [-0.25, -0.2) is 0 Å². The Morgan fingerprint density at radius 1 is 1.42 bits per heavy atom. The van der Waals surface area contributed by atoms with Crippen molar-refractivity contribution in [3.63, 3.8) is 0 Å². The van der Waals surface area contributed by atoms with E-state index < -0.39 is 4.92 Å². The summed E-state index contributed by atoms with van der Waals surface area (Å²) in [4.78, 5) is 9.83. The maximum atomic E-state index is 10.3. The topological polar surface area (TPSA) is 52.4 Å². The number of para-hydroxylation sites is 2. The molecule has 0 fully saturated rings. The molecule has 0 bridgehead atoms. The zero-order valence-corrected chi connectivity index (χ0v) is 5.98. The first-order valence-corrected chi connectivity index (χ1v) is 3.03. The van der Waals surface area contributed by atoms with Crippen LogP contribution in [-0.4, -0.2) is 41.6 Å². The molecule has 0 N–H and O–H groups in total. The van der Waals surface area contributed by atoms with Gasteiger partial charge in [0.1, 0.15) is 0 Å². The Balaban J connectivity index is 0.00000121. The van der Waals surface area contributed by atoms with Crippen LogP contribution in [0.5, 0.6) is 5.75 Å². The molecule has 0 aromatic heterocycles. The summed E-state index contributed by atoms with van der Waals surface area (Å²) in [5, 5.41) is 10.3. The Morgan fingerprint density at radius 3 is 2.42 bits per heavy atom. The molecule has 1 aromatic carbocycles. The van der Waals surface area contributed by atoms with Crippen molar-refractivity contribution in [3.8, 4) is 5.75 Å². The van der Waals surface area contributed by atoms with E-state index in [1.807, 2.05) is 0 Å². The number of benzene rings is 1. The predicted octanol–water partition coefficient (Wildman–Crippen LogP) is 0.955. The average molecular weight is 177 g/mol. The normalized spacial score (nSPS) is 8.42. The number of methoxy groups -OCH3 is 1. The zero-order chi connectivity index (χ0) is 8.27. The number of rotatable bonds is 2. The van der Waals surface area contributed by atoms with Crippen molar-refractivity contribution in [2.24, 2.45) is 0 Å². The van der Waals surface area contributed by atoms with Crippen LogP contribution in [0.4, 0.5) is 5.69 Å². The summed E-state index contributed by atoms with van der Waals surface area (Å²) in [7, 11) is 1.41. The fourth-order valence-corrected chi connectivity index (χ4v) is 0.781. The Bertz CT molecular complexity index is 277. The number of ether oxygens (including phenoxy) is 1. The van der Waals surface area contributed by atoms with Gasteiger partial charge in [0.05, 0.1) is 12.0 Å². The molecular weight excluding hydrogens is 169 g/mol. The van der Waals surface area contributed by atoms with Crippen molar-refractivity contribution in [1.29, 1.82) is 0 Å². The van der Waals surface area contributed by atoms with Crippen molar-refractivity contribution in [2.45, 2.75) is 0 Å². The Hall–Kier alpha value is -0.580. The minimum atomic E-state index is -0.473. The molecule has 4 nitrogen and oxygen atoms in total. The first-order chi connectivity index (χ1) is 5.25. The Morgan fingerprint density at radius 2 is 2.00 bits per heavy atom. The second-order valence-corrected chi connectivity index (χ2v) is 1.93. The van der Waals surface area contributed by atoms with E-state index in [0.29, 0.717) is 0 Å². The molecule has 0 aliphatic carbocycles. The van der Waals surface area contributed by atoms with Crippen molar-refractivity contribution >= 4 is 35.2 Å². The van der Waals surface area contributed by atoms with E-state index in [1.54, 1.807) is 18.2 Å². The molecule has 0 saturated heterocycles. The van der Waals surface area contributed by atoms with Gasteiger partial charge in [0.25, 0.3) is 0 Å². The molecule has 5 heteroatoms. The van der Waals surface area contributed by atoms with Crippen LogP contribution in [0.1, 0.15) is 0 Å². The van der Waals surface area contributed by atoms with Crippen molar-refractivity contribution in [2.75, 3.05) is 7.11 Å². The van der Waals surface area contributed by atoms with Crippen LogP contribution in [0, 0.1) is 10.1 Å². The molecule has 60 valence electrons. The second kappa shape index (κ2) is 5.13. The van der Waals surface area contributed by atoms with Gasteiger partial charge < -0.3 is 4.74 Å². The van der Waals surface area contributed by atoms with E-state index >= 15 is 0 Å².